The first kappa shape index (κ1) is 20.6. The van der Waals surface area contributed by atoms with E-state index in [9.17, 15) is 4.79 Å². The highest BCUT2D eigenvalue weighted by atomic mass is 32.2. The molecule has 170 valence electrons. The number of hydrogen-bond donors (Lipinski definition) is 1. The molecule has 2 aromatic carbocycles. The Labute approximate surface area is 197 Å². The Morgan fingerprint density at radius 3 is 2.64 bits per heavy atom. The van der Waals surface area contributed by atoms with E-state index in [0.29, 0.717) is 11.8 Å². The number of anilines is 2. The van der Waals surface area contributed by atoms with Crippen LogP contribution in [0.1, 0.15) is 38.6 Å². The van der Waals surface area contributed by atoms with Gasteiger partial charge in [0.05, 0.1) is 5.75 Å². The molecule has 1 amide bonds. The van der Waals surface area contributed by atoms with Gasteiger partial charge in [0, 0.05) is 53.2 Å². The van der Waals surface area contributed by atoms with E-state index in [2.05, 4.69) is 72.9 Å². The minimum atomic E-state index is -0.0216. The second-order valence-corrected chi connectivity index (χ2v) is 9.85. The van der Waals surface area contributed by atoms with Crippen molar-refractivity contribution in [3.63, 3.8) is 0 Å². The normalized spacial score (nSPS) is 16.2. The van der Waals surface area contributed by atoms with Crippen LogP contribution in [0.15, 0.2) is 47.6 Å². The lowest BCUT2D eigenvalue weighted by Crippen LogP contribution is -2.22. The molecule has 1 saturated carbocycles. The summed E-state index contributed by atoms with van der Waals surface area (Å²) < 4.78 is 4.57. The molecule has 0 spiro atoms. The number of nitrogens with one attached hydrogen (secondary N) is 1. The molecule has 2 fully saturated rings. The van der Waals surface area contributed by atoms with E-state index >= 15 is 0 Å². The van der Waals surface area contributed by atoms with Crippen molar-refractivity contribution in [3.05, 3.63) is 42.5 Å². The molecule has 0 unspecified atom stereocenters. The standard InChI is InChI=1S/C25H28N6OS/c1-2-30-21-8-4-3-7-19(21)20-15-17(9-12-22(20)30)26-23(32)16-33-25-28-27-24(29-13-5-6-14-29)31(25)18-10-11-18/h3-4,7-9,12,15,18H,2,5-6,10-11,13-14,16H2,1H3,(H,26,32). The van der Waals surface area contributed by atoms with E-state index in [4.69, 9.17) is 0 Å². The number of para-hydroxylation sites is 1. The van der Waals surface area contributed by atoms with Crippen LogP contribution >= 0.6 is 11.8 Å². The predicted octanol–water partition coefficient (Wildman–Crippen LogP) is 5.07. The third-order valence-electron chi connectivity index (χ3n) is 6.65. The summed E-state index contributed by atoms with van der Waals surface area (Å²) in [4.78, 5) is 15.1. The second-order valence-electron chi connectivity index (χ2n) is 8.91. The molecule has 8 heteroatoms. The van der Waals surface area contributed by atoms with Gasteiger partial charge in [-0.15, -0.1) is 10.2 Å². The summed E-state index contributed by atoms with van der Waals surface area (Å²) >= 11 is 1.48. The summed E-state index contributed by atoms with van der Waals surface area (Å²) in [6, 6.07) is 15.1. The maximum atomic E-state index is 12.8. The van der Waals surface area contributed by atoms with E-state index in [1.807, 2.05) is 6.07 Å². The number of hydrogen-bond acceptors (Lipinski definition) is 5. The first-order valence-electron chi connectivity index (χ1n) is 11.9. The lowest BCUT2D eigenvalue weighted by Gasteiger charge is -2.17. The van der Waals surface area contributed by atoms with Crippen LogP contribution in [0.5, 0.6) is 0 Å². The molecule has 7 nitrogen and oxygen atoms in total. The molecule has 6 rings (SSSR count). The first-order valence-corrected chi connectivity index (χ1v) is 12.8. The summed E-state index contributed by atoms with van der Waals surface area (Å²) in [6.07, 6.45) is 4.77. The second kappa shape index (κ2) is 8.41. The highest BCUT2D eigenvalue weighted by Gasteiger charge is 2.32. The highest BCUT2D eigenvalue weighted by molar-refractivity contribution is 7.99. The van der Waals surface area contributed by atoms with E-state index in [0.717, 1.165) is 36.4 Å². The molecule has 0 bridgehead atoms. The molecule has 0 radical (unpaired) electrons. The van der Waals surface area contributed by atoms with Gasteiger partial charge in [0.2, 0.25) is 11.9 Å². The van der Waals surface area contributed by atoms with Crippen LogP contribution in [0.25, 0.3) is 21.8 Å². The van der Waals surface area contributed by atoms with Crippen molar-refractivity contribution in [2.45, 2.75) is 50.4 Å². The SMILES string of the molecule is CCn1c2ccccc2c2cc(NC(=O)CSc3nnc(N4CCCC4)n3C3CC3)ccc21. The van der Waals surface area contributed by atoms with E-state index in [1.54, 1.807) is 0 Å². The molecule has 3 heterocycles. The number of amides is 1. The van der Waals surface area contributed by atoms with Crippen LogP contribution in [-0.2, 0) is 11.3 Å². The van der Waals surface area contributed by atoms with E-state index < -0.39 is 0 Å². The van der Waals surface area contributed by atoms with Crippen molar-refractivity contribution >= 4 is 51.1 Å². The third kappa shape index (κ3) is 3.76. The minimum Gasteiger partial charge on any atom is -0.341 e. The fourth-order valence-electron chi connectivity index (χ4n) is 4.95. The number of carbonyl (C=O) groups excluding carboxylic acids is 1. The number of nitrogens with zero attached hydrogens (tertiary/aromatic N) is 5. The van der Waals surface area contributed by atoms with Crippen LogP contribution in [-0.4, -0.2) is 44.1 Å². The van der Waals surface area contributed by atoms with Crippen LogP contribution in [0.3, 0.4) is 0 Å². The average Bonchev–Trinajstić information content (AvgIpc) is 3.23. The Bertz CT molecular complexity index is 1330. The van der Waals surface area contributed by atoms with Crippen molar-refractivity contribution in [1.82, 2.24) is 19.3 Å². The molecule has 1 saturated heterocycles. The summed E-state index contributed by atoms with van der Waals surface area (Å²) in [6.45, 7) is 5.17. The van der Waals surface area contributed by atoms with Gasteiger partial charge >= 0.3 is 0 Å². The lowest BCUT2D eigenvalue weighted by molar-refractivity contribution is -0.113. The van der Waals surface area contributed by atoms with E-state index in [-0.39, 0.29) is 5.91 Å². The Morgan fingerprint density at radius 1 is 1.06 bits per heavy atom. The molecule has 1 aliphatic heterocycles. The van der Waals surface area contributed by atoms with Crippen molar-refractivity contribution in [2.75, 3.05) is 29.1 Å². The van der Waals surface area contributed by atoms with Gasteiger partial charge in [-0.3, -0.25) is 9.36 Å². The monoisotopic (exact) mass is 460 g/mol. The quantitative estimate of drug-likeness (QED) is 0.390. The number of aromatic nitrogens is 4. The molecule has 33 heavy (non-hydrogen) atoms. The number of fused-ring (bicyclic) bond motifs is 3. The summed E-state index contributed by atoms with van der Waals surface area (Å²) in [5.74, 6) is 1.28. The zero-order valence-corrected chi connectivity index (χ0v) is 19.6. The smallest absolute Gasteiger partial charge is 0.234 e. The molecule has 2 aliphatic rings. The number of aryl methyl sites for hydroxylation is 1. The highest BCUT2D eigenvalue weighted by Crippen LogP contribution is 2.41. The lowest BCUT2D eigenvalue weighted by atomic mass is 10.1. The number of thioether (sulfide) groups is 1. The zero-order chi connectivity index (χ0) is 22.4. The topological polar surface area (TPSA) is 68.0 Å². The van der Waals surface area contributed by atoms with Crippen molar-refractivity contribution < 1.29 is 4.79 Å². The molecule has 1 aliphatic carbocycles. The van der Waals surface area contributed by atoms with Crippen LogP contribution in [0.2, 0.25) is 0 Å². The van der Waals surface area contributed by atoms with Gasteiger partial charge in [0.15, 0.2) is 5.16 Å². The Balaban J connectivity index is 1.19. The van der Waals surface area contributed by atoms with Gasteiger partial charge in [0.25, 0.3) is 0 Å². The number of benzene rings is 2. The van der Waals surface area contributed by atoms with Crippen LogP contribution in [0.4, 0.5) is 11.6 Å². The number of rotatable bonds is 7. The van der Waals surface area contributed by atoms with Crippen LogP contribution < -0.4 is 10.2 Å². The van der Waals surface area contributed by atoms with Crippen molar-refractivity contribution in [3.8, 4) is 0 Å². The summed E-state index contributed by atoms with van der Waals surface area (Å²) in [5, 5.41) is 15.2. The number of carbonyl (C=O) groups is 1. The fourth-order valence-corrected chi connectivity index (χ4v) is 5.75. The fraction of sp³-hybridized carbons (Fsp3) is 0.400. The van der Waals surface area contributed by atoms with Gasteiger partial charge in [0.1, 0.15) is 0 Å². The molecule has 4 aromatic rings. The third-order valence-corrected chi connectivity index (χ3v) is 7.60. The molecular weight excluding hydrogens is 432 g/mol. The van der Waals surface area contributed by atoms with Gasteiger partial charge in [-0.2, -0.15) is 0 Å². The molecule has 2 aromatic heterocycles. The van der Waals surface area contributed by atoms with Crippen LogP contribution in [0, 0.1) is 0 Å². The Hall–Kier alpha value is -3.00. The predicted molar refractivity (Wildman–Crippen MR) is 134 cm³/mol. The maximum Gasteiger partial charge on any atom is 0.234 e. The average molecular weight is 461 g/mol. The van der Waals surface area contributed by atoms with Gasteiger partial charge in [-0.25, -0.2) is 0 Å². The minimum absolute atomic E-state index is 0.0216. The molecule has 1 N–H and O–H groups in total. The van der Waals surface area contributed by atoms with E-state index in [1.165, 1.54) is 59.3 Å². The van der Waals surface area contributed by atoms with Crippen molar-refractivity contribution in [1.29, 1.82) is 0 Å². The zero-order valence-electron chi connectivity index (χ0n) is 18.8. The Kier molecular flexibility index (Phi) is 5.25. The Morgan fingerprint density at radius 2 is 1.85 bits per heavy atom. The summed E-state index contributed by atoms with van der Waals surface area (Å²) in [7, 11) is 0. The molecule has 0 atom stereocenters. The van der Waals surface area contributed by atoms with Gasteiger partial charge in [-0.1, -0.05) is 30.0 Å². The van der Waals surface area contributed by atoms with Gasteiger partial charge < -0.3 is 14.8 Å². The summed E-state index contributed by atoms with van der Waals surface area (Å²) in [5.41, 5.74) is 3.24. The largest absolute Gasteiger partial charge is 0.341 e. The maximum absolute atomic E-state index is 12.8. The molecular formula is C25H28N6OS. The van der Waals surface area contributed by atoms with Crippen molar-refractivity contribution in [2.24, 2.45) is 0 Å². The first-order chi connectivity index (χ1) is 16.2. The van der Waals surface area contributed by atoms with Gasteiger partial charge in [-0.05, 0) is 56.9 Å².